The minimum absolute atomic E-state index is 0.432. The standard InChI is InChI=1S/C10H9F3N2S2/c11-10(12,13)9-15-4-8(17-9)7(14)3-6-1-2-16-5-6/h1-2,4-5,7H,3,14H2. The first-order chi connectivity index (χ1) is 7.97. The SMILES string of the molecule is NC(Cc1ccsc1)c1cnc(C(F)(F)F)s1. The van der Waals surface area contributed by atoms with Crippen LogP contribution in [0.5, 0.6) is 0 Å². The second kappa shape index (κ2) is 4.75. The van der Waals surface area contributed by atoms with Crippen LogP contribution in [0.15, 0.2) is 23.0 Å². The molecule has 0 fully saturated rings. The Balaban J connectivity index is 2.10. The van der Waals surface area contributed by atoms with E-state index in [9.17, 15) is 13.2 Å². The molecule has 2 rings (SSSR count). The fourth-order valence-corrected chi connectivity index (χ4v) is 2.82. The van der Waals surface area contributed by atoms with Gasteiger partial charge in [0.05, 0.1) is 0 Å². The topological polar surface area (TPSA) is 38.9 Å². The predicted octanol–water partition coefficient (Wildman–Crippen LogP) is 3.47. The third kappa shape index (κ3) is 3.05. The monoisotopic (exact) mass is 278 g/mol. The molecule has 2 N–H and O–H groups in total. The van der Waals surface area contributed by atoms with Crippen molar-refractivity contribution < 1.29 is 13.2 Å². The number of nitrogens with zero attached hydrogens (tertiary/aromatic N) is 1. The highest BCUT2D eigenvalue weighted by molar-refractivity contribution is 7.11. The second-order valence-corrected chi connectivity index (χ2v) is 5.35. The first-order valence-corrected chi connectivity index (χ1v) is 6.52. The average Bonchev–Trinajstić information content (AvgIpc) is 2.85. The summed E-state index contributed by atoms with van der Waals surface area (Å²) < 4.78 is 37.1. The van der Waals surface area contributed by atoms with E-state index in [0.29, 0.717) is 22.6 Å². The van der Waals surface area contributed by atoms with Crippen molar-refractivity contribution in [2.24, 2.45) is 5.73 Å². The van der Waals surface area contributed by atoms with E-state index in [1.165, 1.54) is 17.5 Å². The Kier molecular flexibility index (Phi) is 3.50. The molecule has 0 bridgehead atoms. The summed E-state index contributed by atoms with van der Waals surface area (Å²) >= 11 is 2.15. The quantitative estimate of drug-likeness (QED) is 0.933. The molecule has 0 aliphatic rings. The highest BCUT2D eigenvalue weighted by Crippen LogP contribution is 2.34. The fourth-order valence-electron chi connectivity index (χ4n) is 1.35. The number of rotatable bonds is 3. The van der Waals surface area contributed by atoms with Crippen molar-refractivity contribution in [1.29, 1.82) is 0 Å². The van der Waals surface area contributed by atoms with Crippen LogP contribution in [0.4, 0.5) is 13.2 Å². The lowest BCUT2D eigenvalue weighted by Gasteiger charge is -2.07. The van der Waals surface area contributed by atoms with Crippen molar-refractivity contribution >= 4 is 22.7 Å². The van der Waals surface area contributed by atoms with Gasteiger partial charge in [0.15, 0.2) is 5.01 Å². The summed E-state index contributed by atoms with van der Waals surface area (Å²) in [4.78, 5) is 3.82. The zero-order chi connectivity index (χ0) is 12.5. The Morgan fingerprint density at radius 2 is 2.18 bits per heavy atom. The van der Waals surface area contributed by atoms with Crippen molar-refractivity contribution in [1.82, 2.24) is 4.98 Å². The number of aromatic nitrogens is 1. The van der Waals surface area contributed by atoms with Crippen molar-refractivity contribution in [3.8, 4) is 0 Å². The molecule has 7 heteroatoms. The Bertz CT molecular complexity index is 476. The van der Waals surface area contributed by atoms with Gasteiger partial charge in [0.25, 0.3) is 0 Å². The minimum atomic E-state index is -4.38. The molecule has 0 spiro atoms. The molecule has 2 aromatic heterocycles. The summed E-state index contributed by atoms with van der Waals surface area (Å²) in [6.07, 6.45) is -2.64. The van der Waals surface area contributed by atoms with Crippen molar-refractivity contribution in [2.75, 3.05) is 0 Å². The zero-order valence-corrected chi connectivity index (χ0v) is 10.2. The number of halogens is 3. The Morgan fingerprint density at radius 1 is 1.41 bits per heavy atom. The largest absolute Gasteiger partial charge is 0.443 e. The van der Waals surface area contributed by atoms with Crippen LogP contribution in [0.2, 0.25) is 0 Å². The van der Waals surface area contributed by atoms with E-state index in [0.717, 1.165) is 5.56 Å². The Hall–Kier alpha value is -0.920. The van der Waals surface area contributed by atoms with Gasteiger partial charge in [-0.25, -0.2) is 4.98 Å². The minimum Gasteiger partial charge on any atom is -0.323 e. The predicted molar refractivity (Wildman–Crippen MR) is 62.1 cm³/mol. The van der Waals surface area contributed by atoms with E-state index in [1.54, 1.807) is 0 Å². The van der Waals surface area contributed by atoms with Gasteiger partial charge in [-0.2, -0.15) is 24.5 Å². The summed E-state index contributed by atoms with van der Waals surface area (Å²) in [5.41, 5.74) is 6.88. The van der Waals surface area contributed by atoms with Crippen LogP contribution in [0, 0.1) is 0 Å². The molecule has 2 aromatic rings. The molecular weight excluding hydrogens is 269 g/mol. The molecule has 0 amide bonds. The second-order valence-electron chi connectivity index (χ2n) is 3.51. The van der Waals surface area contributed by atoms with E-state index in [1.807, 2.05) is 16.8 Å². The average molecular weight is 278 g/mol. The molecule has 17 heavy (non-hydrogen) atoms. The van der Waals surface area contributed by atoms with Crippen LogP contribution in [-0.4, -0.2) is 4.98 Å². The number of thiophene rings is 1. The van der Waals surface area contributed by atoms with Gasteiger partial charge in [-0.3, -0.25) is 0 Å². The number of alkyl halides is 3. The zero-order valence-electron chi connectivity index (χ0n) is 8.57. The van der Waals surface area contributed by atoms with Crippen LogP contribution >= 0.6 is 22.7 Å². The van der Waals surface area contributed by atoms with Gasteiger partial charge in [-0.05, 0) is 28.8 Å². The number of hydrogen-bond donors (Lipinski definition) is 1. The highest BCUT2D eigenvalue weighted by atomic mass is 32.1. The molecule has 2 heterocycles. The maximum absolute atomic E-state index is 12.4. The molecule has 0 saturated heterocycles. The highest BCUT2D eigenvalue weighted by Gasteiger charge is 2.35. The summed E-state index contributed by atoms with van der Waals surface area (Å²) in [6, 6.07) is 1.48. The van der Waals surface area contributed by atoms with Gasteiger partial charge in [0, 0.05) is 17.1 Å². The molecule has 0 saturated carbocycles. The molecule has 0 aliphatic carbocycles. The van der Waals surface area contributed by atoms with Crippen molar-refractivity contribution in [3.05, 3.63) is 38.5 Å². The molecule has 0 aromatic carbocycles. The third-order valence-electron chi connectivity index (χ3n) is 2.17. The number of nitrogens with two attached hydrogens (primary N) is 1. The maximum Gasteiger partial charge on any atom is 0.443 e. The fraction of sp³-hybridized carbons (Fsp3) is 0.300. The maximum atomic E-state index is 12.4. The Labute approximate surface area is 104 Å². The number of thiazole rings is 1. The van der Waals surface area contributed by atoms with E-state index in [4.69, 9.17) is 5.73 Å². The third-order valence-corrected chi connectivity index (χ3v) is 4.07. The van der Waals surface area contributed by atoms with Gasteiger partial charge in [-0.15, -0.1) is 11.3 Å². The van der Waals surface area contributed by atoms with Gasteiger partial charge in [-0.1, -0.05) is 0 Å². The summed E-state index contributed by atoms with van der Waals surface area (Å²) in [6.45, 7) is 0. The lowest BCUT2D eigenvalue weighted by atomic mass is 10.1. The first kappa shape index (κ1) is 12.5. The van der Waals surface area contributed by atoms with E-state index in [-0.39, 0.29) is 0 Å². The summed E-state index contributed by atoms with van der Waals surface area (Å²) in [7, 11) is 0. The molecule has 0 aliphatic heterocycles. The molecule has 1 atom stereocenters. The van der Waals surface area contributed by atoms with Gasteiger partial charge in [0.1, 0.15) is 0 Å². The molecule has 1 unspecified atom stereocenters. The first-order valence-electron chi connectivity index (χ1n) is 4.76. The number of hydrogen-bond acceptors (Lipinski definition) is 4. The van der Waals surface area contributed by atoms with Crippen molar-refractivity contribution in [2.45, 2.75) is 18.6 Å². The van der Waals surface area contributed by atoms with Crippen LogP contribution in [0.3, 0.4) is 0 Å². The lowest BCUT2D eigenvalue weighted by molar-refractivity contribution is -0.137. The van der Waals surface area contributed by atoms with Crippen LogP contribution in [0.25, 0.3) is 0 Å². The Morgan fingerprint density at radius 3 is 2.71 bits per heavy atom. The lowest BCUT2D eigenvalue weighted by Crippen LogP contribution is -2.11. The van der Waals surface area contributed by atoms with Gasteiger partial charge >= 0.3 is 6.18 Å². The molecule has 0 radical (unpaired) electrons. The van der Waals surface area contributed by atoms with Crippen LogP contribution in [-0.2, 0) is 12.6 Å². The van der Waals surface area contributed by atoms with Gasteiger partial charge in [0.2, 0.25) is 0 Å². The van der Waals surface area contributed by atoms with Crippen LogP contribution < -0.4 is 5.73 Å². The van der Waals surface area contributed by atoms with E-state index >= 15 is 0 Å². The molecule has 92 valence electrons. The summed E-state index contributed by atoms with van der Waals surface area (Å²) in [5.74, 6) is 0. The summed E-state index contributed by atoms with van der Waals surface area (Å²) in [5, 5.41) is 3.01. The molecular formula is C10H9F3N2S2. The smallest absolute Gasteiger partial charge is 0.323 e. The van der Waals surface area contributed by atoms with E-state index in [2.05, 4.69) is 4.98 Å². The van der Waals surface area contributed by atoms with Gasteiger partial charge < -0.3 is 5.73 Å². The van der Waals surface area contributed by atoms with Crippen molar-refractivity contribution in [3.63, 3.8) is 0 Å². The van der Waals surface area contributed by atoms with E-state index < -0.39 is 17.2 Å². The molecule has 2 nitrogen and oxygen atoms in total. The van der Waals surface area contributed by atoms with Crippen LogP contribution in [0.1, 0.15) is 21.5 Å². The normalized spacial score (nSPS) is 13.9.